The van der Waals surface area contributed by atoms with Crippen LogP contribution in [0.5, 0.6) is 5.75 Å². The predicted molar refractivity (Wildman–Crippen MR) is 56.6 cm³/mol. The molecule has 4 N–H and O–H groups in total. The van der Waals surface area contributed by atoms with Crippen LogP contribution in [0.1, 0.15) is 11.1 Å². The van der Waals surface area contributed by atoms with Crippen molar-refractivity contribution >= 4 is 11.6 Å². The van der Waals surface area contributed by atoms with Gasteiger partial charge in [-0.1, -0.05) is 11.6 Å². The highest BCUT2D eigenvalue weighted by molar-refractivity contribution is 6.30. The number of nitrogens with two attached hydrogens (primary N) is 1. The molecule has 0 radical (unpaired) electrons. The van der Waals surface area contributed by atoms with Crippen molar-refractivity contribution in [3.8, 4) is 5.75 Å². The van der Waals surface area contributed by atoms with Crippen LogP contribution in [0, 0.1) is 6.92 Å². The van der Waals surface area contributed by atoms with Gasteiger partial charge in [0.25, 0.3) is 0 Å². The minimum atomic E-state index is -0.362. The molecule has 0 bridgehead atoms. The molecule has 0 aliphatic rings. The Kier molecular flexibility index (Phi) is 3.75. The van der Waals surface area contributed by atoms with Crippen LogP contribution in [0.25, 0.3) is 0 Å². The van der Waals surface area contributed by atoms with Gasteiger partial charge in [-0.05, 0) is 36.6 Å². The first-order valence-corrected chi connectivity index (χ1v) is 4.76. The Balaban J connectivity index is 2.96. The third-order valence-corrected chi connectivity index (χ3v) is 2.28. The lowest BCUT2D eigenvalue weighted by molar-refractivity contribution is 0.264. The van der Waals surface area contributed by atoms with Gasteiger partial charge in [-0.3, -0.25) is 0 Å². The number of aliphatic hydroxyl groups excluding tert-OH is 1. The van der Waals surface area contributed by atoms with Crippen LogP contribution in [-0.2, 0) is 6.42 Å². The fraction of sp³-hybridized carbons (Fsp3) is 0.400. The van der Waals surface area contributed by atoms with Crippen molar-refractivity contribution in [3.05, 3.63) is 28.3 Å². The summed E-state index contributed by atoms with van der Waals surface area (Å²) in [5, 5.41) is 19.0. The highest BCUT2D eigenvalue weighted by atomic mass is 35.5. The first kappa shape index (κ1) is 11.3. The van der Waals surface area contributed by atoms with Gasteiger partial charge in [-0.25, -0.2) is 0 Å². The number of aliphatic hydroxyl groups is 1. The van der Waals surface area contributed by atoms with Crippen molar-refractivity contribution in [2.75, 3.05) is 6.61 Å². The van der Waals surface area contributed by atoms with Crippen LogP contribution in [0.3, 0.4) is 0 Å². The maximum absolute atomic E-state index is 9.67. The molecule has 0 aromatic heterocycles. The molecule has 4 heteroatoms. The molecule has 0 heterocycles. The summed E-state index contributed by atoms with van der Waals surface area (Å²) in [6.07, 6.45) is 0.420. The van der Waals surface area contributed by atoms with Gasteiger partial charge in [0.15, 0.2) is 0 Å². The predicted octanol–water partition coefficient (Wildman–Crippen LogP) is 1.22. The lowest BCUT2D eigenvalue weighted by Gasteiger charge is -2.11. The van der Waals surface area contributed by atoms with Crippen molar-refractivity contribution in [1.82, 2.24) is 0 Å². The van der Waals surface area contributed by atoms with Gasteiger partial charge in [-0.2, -0.15) is 0 Å². The molecule has 0 aliphatic carbocycles. The molecule has 1 aromatic carbocycles. The molecule has 1 rings (SSSR count). The van der Waals surface area contributed by atoms with Gasteiger partial charge in [-0.15, -0.1) is 0 Å². The first-order valence-electron chi connectivity index (χ1n) is 4.39. The van der Waals surface area contributed by atoms with Crippen molar-refractivity contribution in [3.63, 3.8) is 0 Å². The molecule has 1 atom stereocenters. The number of benzene rings is 1. The van der Waals surface area contributed by atoms with Crippen LogP contribution in [0.15, 0.2) is 12.1 Å². The minimum absolute atomic E-state index is 0.106. The van der Waals surface area contributed by atoms with Gasteiger partial charge >= 0.3 is 0 Å². The topological polar surface area (TPSA) is 66.5 Å². The summed E-state index contributed by atoms with van der Waals surface area (Å²) in [5.41, 5.74) is 6.97. The zero-order valence-corrected chi connectivity index (χ0v) is 8.75. The summed E-state index contributed by atoms with van der Waals surface area (Å²) in [5.74, 6) is 0.207. The van der Waals surface area contributed by atoms with E-state index >= 15 is 0 Å². The van der Waals surface area contributed by atoms with E-state index in [9.17, 15) is 5.11 Å². The molecule has 1 unspecified atom stereocenters. The molecular weight excluding hydrogens is 202 g/mol. The van der Waals surface area contributed by atoms with Crippen LogP contribution in [0.4, 0.5) is 0 Å². The number of hydrogen-bond acceptors (Lipinski definition) is 3. The zero-order chi connectivity index (χ0) is 10.7. The zero-order valence-electron chi connectivity index (χ0n) is 8.00. The highest BCUT2D eigenvalue weighted by Gasteiger charge is 2.09. The van der Waals surface area contributed by atoms with E-state index in [2.05, 4.69) is 0 Å². The summed E-state index contributed by atoms with van der Waals surface area (Å²) in [7, 11) is 0. The number of phenolic OH excluding ortho intramolecular Hbond substituents is 1. The third kappa shape index (κ3) is 2.61. The number of phenols is 1. The number of rotatable bonds is 3. The monoisotopic (exact) mass is 215 g/mol. The van der Waals surface area contributed by atoms with Crippen molar-refractivity contribution in [2.24, 2.45) is 5.73 Å². The molecule has 0 amide bonds. The first-order chi connectivity index (χ1) is 6.54. The summed E-state index contributed by atoms with van der Waals surface area (Å²) in [6, 6.07) is 2.99. The molecule has 0 spiro atoms. The van der Waals surface area contributed by atoms with E-state index in [1.165, 1.54) is 0 Å². The molecule has 1 aromatic rings. The molecule has 0 aliphatic heterocycles. The van der Waals surface area contributed by atoms with E-state index in [4.69, 9.17) is 22.4 Å². The molecule has 0 saturated carbocycles. The quantitative estimate of drug-likeness (QED) is 0.710. The van der Waals surface area contributed by atoms with Gasteiger partial charge in [0.2, 0.25) is 0 Å². The Hall–Kier alpha value is -0.770. The van der Waals surface area contributed by atoms with Gasteiger partial charge in [0.05, 0.1) is 6.61 Å². The normalized spacial score (nSPS) is 12.9. The van der Waals surface area contributed by atoms with Crippen LogP contribution in [0.2, 0.25) is 5.02 Å². The van der Waals surface area contributed by atoms with Crippen LogP contribution in [-0.4, -0.2) is 22.9 Å². The van der Waals surface area contributed by atoms with E-state index < -0.39 is 0 Å². The third-order valence-electron chi connectivity index (χ3n) is 2.06. The Bertz CT molecular complexity index is 328. The fourth-order valence-electron chi connectivity index (χ4n) is 1.31. The maximum Gasteiger partial charge on any atom is 0.121 e. The van der Waals surface area contributed by atoms with E-state index in [0.29, 0.717) is 17.0 Å². The Morgan fingerprint density at radius 3 is 2.71 bits per heavy atom. The molecular formula is C10H14ClNO2. The average molecular weight is 216 g/mol. The Labute approximate surface area is 88.1 Å². The molecule has 3 nitrogen and oxygen atoms in total. The standard InChI is InChI=1S/C10H14ClNO2/c1-6-2-8(11)3-7(10(6)14)4-9(12)5-13/h2-3,9,13-14H,4-5,12H2,1H3. The lowest BCUT2D eigenvalue weighted by atomic mass is 10.0. The number of halogens is 1. The highest BCUT2D eigenvalue weighted by Crippen LogP contribution is 2.27. The second-order valence-electron chi connectivity index (χ2n) is 3.38. The van der Waals surface area contributed by atoms with E-state index in [-0.39, 0.29) is 18.4 Å². The van der Waals surface area contributed by atoms with Gasteiger partial charge < -0.3 is 15.9 Å². The Morgan fingerprint density at radius 2 is 2.14 bits per heavy atom. The van der Waals surface area contributed by atoms with E-state index in [1.54, 1.807) is 19.1 Å². The fourth-order valence-corrected chi connectivity index (χ4v) is 1.60. The summed E-state index contributed by atoms with van der Waals surface area (Å²) < 4.78 is 0. The largest absolute Gasteiger partial charge is 0.507 e. The smallest absolute Gasteiger partial charge is 0.121 e. The van der Waals surface area contributed by atoms with E-state index in [1.807, 2.05) is 0 Å². The SMILES string of the molecule is Cc1cc(Cl)cc(CC(N)CO)c1O. The van der Waals surface area contributed by atoms with Gasteiger partial charge in [0.1, 0.15) is 5.75 Å². The average Bonchev–Trinajstić information content (AvgIpc) is 2.13. The van der Waals surface area contributed by atoms with E-state index in [0.717, 1.165) is 5.56 Å². The Morgan fingerprint density at radius 1 is 1.50 bits per heavy atom. The van der Waals surface area contributed by atoms with Crippen LogP contribution >= 0.6 is 11.6 Å². The molecule has 0 fully saturated rings. The molecule has 0 saturated heterocycles. The summed E-state index contributed by atoms with van der Waals surface area (Å²) >= 11 is 5.83. The number of aromatic hydroxyl groups is 1. The lowest BCUT2D eigenvalue weighted by Crippen LogP contribution is -2.26. The van der Waals surface area contributed by atoms with Gasteiger partial charge in [0, 0.05) is 11.1 Å². The van der Waals surface area contributed by atoms with Crippen molar-refractivity contribution in [2.45, 2.75) is 19.4 Å². The van der Waals surface area contributed by atoms with Crippen molar-refractivity contribution in [1.29, 1.82) is 0 Å². The number of aryl methyl sites for hydroxylation is 1. The maximum atomic E-state index is 9.67. The molecule has 78 valence electrons. The summed E-state index contributed by atoms with van der Waals surface area (Å²) in [6.45, 7) is 1.67. The molecule has 14 heavy (non-hydrogen) atoms. The number of hydrogen-bond donors (Lipinski definition) is 3. The second kappa shape index (κ2) is 4.64. The van der Waals surface area contributed by atoms with Crippen molar-refractivity contribution < 1.29 is 10.2 Å². The van der Waals surface area contributed by atoms with Crippen LogP contribution < -0.4 is 5.73 Å². The minimum Gasteiger partial charge on any atom is -0.507 e. The second-order valence-corrected chi connectivity index (χ2v) is 3.81. The summed E-state index contributed by atoms with van der Waals surface area (Å²) in [4.78, 5) is 0.